The third-order valence-corrected chi connectivity index (χ3v) is 4.13. The van der Waals surface area contributed by atoms with E-state index in [9.17, 15) is 4.79 Å². The molecule has 0 aliphatic carbocycles. The van der Waals surface area contributed by atoms with Gasteiger partial charge < -0.3 is 15.4 Å². The SMILES string of the molecule is Cc1ccc(CNc2ccc(NC(=O)CCOc3ccccc3)cc2)cc1. The van der Waals surface area contributed by atoms with Crippen LogP contribution in [-0.2, 0) is 11.3 Å². The van der Waals surface area contributed by atoms with E-state index in [-0.39, 0.29) is 5.91 Å². The highest BCUT2D eigenvalue weighted by molar-refractivity contribution is 5.90. The Kier molecular flexibility index (Phi) is 6.47. The summed E-state index contributed by atoms with van der Waals surface area (Å²) in [6.45, 7) is 3.20. The lowest BCUT2D eigenvalue weighted by molar-refractivity contribution is -0.116. The molecule has 0 aliphatic heterocycles. The molecule has 138 valence electrons. The highest BCUT2D eigenvalue weighted by atomic mass is 16.5. The normalized spacial score (nSPS) is 10.3. The van der Waals surface area contributed by atoms with Crippen LogP contribution in [0.25, 0.3) is 0 Å². The number of benzene rings is 3. The maximum absolute atomic E-state index is 12.0. The number of amides is 1. The first-order chi connectivity index (χ1) is 13.2. The number of nitrogens with one attached hydrogen (secondary N) is 2. The Hall–Kier alpha value is -3.27. The molecule has 4 nitrogen and oxygen atoms in total. The smallest absolute Gasteiger partial charge is 0.227 e. The van der Waals surface area contributed by atoms with Gasteiger partial charge in [-0.1, -0.05) is 48.0 Å². The van der Waals surface area contributed by atoms with Crippen molar-refractivity contribution in [3.05, 3.63) is 90.0 Å². The molecule has 0 bridgehead atoms. The molecule has 3 aromatic rings. The second-order valence-electron chi connectivity index (χ2n) is 6.38. The summed E-state index contributed by atoms with van der Waals surface area (Å²) in [5, 5.41) is 6.27. The van der Waals surface area contributed by atoms with Gasteiger partial charge in [-0.25, -0.2) is 0 Å². The van der Waals surface area contributed by atoms with Crippen molar-refractivity contribution in [1.29, 1.82) is 0 Å². The molecule has 0 aliphatic rings. The Labute approximate surface area is 160 Å². The third kappa shape index (κ3) is 6.19. The summed E-state index contributed by atoms with van der Waals surface area (Å²) in [5.74, 6) is 0.709. The molecule has 3 aromatic carbocycles. The number of rotatable bonds is 8. The molecule has 0 aromatic heterocycles. The van der Waals surface area contributed by atoms with Gasteiger partial charge >= 0.3 is 0 Å². The number of ether oxygens (including phenoxy) is 1. The third-order valence-electron chi connectivity index (χ3n) is 4.13. The highest BCUT2D eigenvalue weighted by Gasteiger charge is 2.03. The predicted octanol–water partition coefficient (Wildman–Crippen LogP) is 5.01. The fraction of sp³-hybridized carbons (Fsp3) is 0.174. The zero-order chi connectivity index (χ0) is 18.9. The van der Waals surface area contributed by atoms with E-state index in [4.69, 9.17) is 4.74 Å². The second kappa shape index (κ2) is 9.43. The van der Waals surface area contributed by atoms with E-state index in [1.54, 1.807) is 0 Å². The van der Waals surface area contributed by atoms with Crippen LogP contribution < -0.4 is 15.4 Å². The lowest BCUT2D eigenvalue weighted by Crippen LogP contribution is -2.15. The molecule has 0 radical (unpaired) electrons. The van der Waals surface area contributed by atoms with Gasteiger partial charge in [0.15, 0.2) is 0 Å². The molecule has 4 heteroatoms. The molecule has 0 spiro atoms. The van der Waals surface area contributed by atoms with Crippen molar-refractivity contribution < 1.29 is 9.53 Å². The summed E-state index contributed by atoms with van der Waals surface area (Å²) in [6, 6.07) is 25.7. The van der Waals surface area contributed by atoms with Crippen LogP contribution in [-0.4, -0.2) is 12.5 Å². The second-order valence-corrected chi connectivity index (χ2v) is 6.38. The van der Waals surface area contributed by atoms with Crippen molar-refractivity contribution in [3.63, 3.8) is 0 Å². The minimum atomic E-state index is -0.0636. The summed E-state index contributed by atoms with van der Waals surface area (Å²) in [6.07, 6.45) is 0.308. The van der Waals surface area contributed by atoms with Gasteiger partial charge in [0.05, 0.1) is 13.0 Å². The van der Waals surface area contributed by atoms with Crippen LogP contribution in [0.15, 0.2) is 78.9 Å². The van der Waals surface area contributed by atoms with Crippen LogP contribution >= 0.6 is 0 Å². The molecular formula is C23H24N2O2. The Morgan fingerprint density at radius 1 is 0.852 bits per heavy atom. The van der Waals surface area contributed by atoms with Gasteiger partial charge in [-0.05, 0) is 48.9 Å². The summed E-state index contributed by atoms with van der Waals surface area (Å²) in [5.41, 5.74) is 4.28. The van der Waals surface area contributed by atoms with Crippen LogP contribution in [0, 0.1) is 6.92 Å². The van der Waals surface area contributed by atoms with Gasteiger partial charge in [0.25, 0.3) is 0 Å². The molecule has 3 rings (SSSR count). The van der Waals surface area contributed by atoms with E-state index >= 15 is 0 Å². The molecule has 2 N–H and O–H groups in total. The molecule has 0 fully saturated rings. The molecular weight excluding hydrogens is 336 g/mol. The zero-order valence-electron chi connectivity index (χ0n) is 15.4. The van der Waals surface area contributed by atoms with Crippen molar-refractivity contribution in [2.24, 2.45) is 0 Å². The van der Waals surface area contributed by atoms with Gasteiger partial charge in [-0.3, -0.25) is 4.79 Å². The number of aryl methyl sites for hydroxylation is 1. The van der Waals surface area contributed by atoms with E-state index in [0.29, 0.717) is 13.0 Å². The summed E-state index contributed by atoms with van der Waals surface area (Å²) in [4.78, 5) is 12.0. The van der Waals surface area contributed by atoms with Crippen molar-refractivity contribution in [3.8, 4) is 5.75 Å². The van der Waals surface area contributed by atoms with Gasteiger partial charge in [-0.15, -0.1) is 0 Å². The van der Waals surface area contributed by atoms with Gasteiger partial charge in [-0.2, -0.15) is 0 Å². The van der Waals surface area contributed by atoms with Crippen LogP contribution in [0.3, 0.4) is 0 Å². The van der Waals surface area contributed by atoms with E-state index in [2.05, 4.69) is 41.8 Å². The standard InChI is InChI=1S/C23H24N2O2/c1-18-7-9-19(10-8-18)17-24-20-11-13-21(14-12-20)25-23(26)15-16-27-22-5-3-2-4-6-22/h2-14,24H,15-17H2,1H3,(H,25,26). The van der Waals surface area contributed by atoms with E-state index in [1.807, 2.05) is 54.6 Å². The molecule has 0 unspecified atom stereocenters. The average molecular weight is 360 g/mol. The first kappa shape index (κ1) is 18.5. The summed E-state index contributed by atoms with van der Waals surface area (Å²) in [7, 11) is 0. The first-order valence-electron chi connectivity index (χ1n) is 9.06. The van der Waals surface area contributed by atoms with E-state index in [1.165, 1.54) is 11.1 Å². The Morgan fingerprint density at radius 2 is 1.52 bits per heavy atom. The van der Waals surface area contributed by atoms with E-state index in [0.717, 1.165) is 23.7 Å². The maximum atomic E-state index is 12.0. The van der Waals surface area contributed by atoms with Crippen LogP contribution in [0.1, 0.15) is 17.5 Å². The van der Waals surface area contributed by atoms with Gasteiger partial charge in [0.1, 0.15) is 5.75 Å². The molecule has 27 heavy (non-hydrogen) atoms. The van der Waals surface area contributed by atoms with Crippen molar-refractivity contribution in [1.82, 2.24) is 0 Å². The minimum absolute atomic E-state index is 0.0636. The number of para-hydroxylation sites is 1. The van der Waals surface area contributed by atoms with Crippen LogP contribution in [0.2, 0.25) is 0 Å². The first-order valence-corrected chi connectivity index (χ1v) is 9.06. The van der Waals surface area contributed by atoms with Crippen molar-refractivity contribution >= 4 is 17.3 Å². The zero-order valence-corrected chi connectivity index (χ0v) is 15.4. The lowest BCUT2D eigenvalue weighted by atomic mass is 10.1. The van der Waals surface area contributed by atoms with E-state index < -0.39 is 0 Å². The number of carbonyl (C=O) groups is 1. The minimum Gasteiger partial charge on any atom is -0.493 e. The van der Waals surface area contributed by atoms with Crippen molar-refractivity contribution in [2.75, 3.05) is 17.2 Å². The molecule has 0 saturated heterocycles. The fourth-order valence-corrected chi connectivity index (χ4v) is 2.58. The predicted molar refractivity (Wildman–Crippen MR) is 110 cm³/mol. The quantitative estimate of drug-likeness (QED) is 0.593. The molecule has 0 heterocycles. The monoisotopic (exact) mass is 360 g/mol. The summed E-state index contributed by atoms with van der Waals surface area (Å²) >= 11 is 0. The number of carbonyl (C=O) groups excluding carboxylic acids is 1. The molecule has 1 amide bonds. The number of hydrogen-bond acceptors (Lipinski definition) is 3. The Balaban J connectivity index is 1.41. The topological polar surface area (TPSA) is 50.4 Å². The fourth-order valence-electron chi connectivity index (χ4n) is 2.58. The summed E-state index contributed by atoms with van der Waals surface area (Å²) < 4.78 is 5.54. The molecule has 0 saturated carbocycles. The van der Waals surface area contributed by atoms with Gasteiger partial charge in [0, 0.05) is 17.9 Å². The lowest BCUT2D eigenvalue weighted by Gasteiger charge is -2.10. The largest absolute Gasteiger partial charge is 0.493 e. The average Bonchev–Trinajstić information content (AvgIpc) is 2.69. The van der Waals surface area contributed by atoms with Crippen LogP contribution in [0.5, 0.6) is 5.75 Å². The van der Waals surface area contributed by atoms with Crippen molar-refractivity contribution in [2.45, 2.75) is 19.9 Å². The highest BCUT2D eigenvalue weighted by Crippen LogP contribution is 2.15. The maximum Gasteiger partial charge on any atom is 0.227 e. The number of hydrogen-bond donors (Lipinski definition) is 2. The Bertz CT molecular complexity index is 844. The van der Waals surface area contributed by atoms with Crippen LogP contribution in [0.4, 0.5) is 11.4 Å². The number of anilines is 2. The molecule has 0 atom stereocenters. The Morgan fingerprint density at radius 3 is 2.22 bits per heavy atom. The van der Waals surface area contributed by atoms with Gasteiger partial charge in [0.2, 0.25) is 5.91 Å².